The molecule has 1 aliphatic carbocycles. The van der Waals surface area contributed by atoms with Gasteiger partial charge in [-0.1, -0.05) is 24.6 Å². The lowest BCUT2D eigenvalue weighted by Gasteiger charge is -2.38. The number of nitrogens with one attached hydrogen (secondary N) is 1. The number of aliphatic carboxylic acids is 1. The van der Waals surface area contributed by atoms with Crippen LogP contribution < -0.4 is 5.32 Å². The summed E-state index contributed by atoms with van der Waals surface area (Å²) in [5, 5.41) is 12.6. The molecule has 3 heteroatoms. The van der Waals surface area contributed by atoms with Crippen LogP contribution in [0.25, 0.3) is 0 Å². The molecule has 2 rings (SSSR count). The van der Waals surface area contributed by atoms with Crippen LogP contribution in [0.1, 0.15) is 30.4 Å². The van der Waals surface area contributed by atoms with E-state index in [9.17, 15) is 9.90 Å². The van der Waals surface area contributed by atoms with Crippen molar-refractivity contribution in [1.82, 2.24) is 0 Å². The number of carboxylic acids is 1. The van der Waals surface area contributed by atoms with Crippen LogP contribution in [0.3, 0.4) is 0 Å². The molecule has 0 amide bonds. The molecule has 3 nitrogen and oxygen atoms in total. The molecule has 17 heavy (non-hydrogen) atoms. The lowest BCUT2D eigenvalue weighted by Crippen LogP contribution is -2.43. The number of carbonyl (C=O) groups is 1. The molecule has 1 aromatic rings. The van der Waals surface area contributed by atoms with Crippen LogP contribution >= 0.6 is 0 Å². The second kappa shape index (κ2) is 4.40. The van der Waals surface area contributed by atoms with Gasteiger partial charge in [0, 0.05) is 12.2 Å². The summed E-state index contributed by atoms with van der Waals surface area (Å²) in [7, 11) is 0. The van der Waals surface area contributed by atoms with E-state index in [4.69, 9.17) is 0 Å². The quantitative estimate of drug-likeness (QED) is 0.840. The molecule has 0 spiro atoms. The molecule has 2 N–H and O–H groups in total. The second-order valence-corrected chi connectivity index (χ2v) is 5.06. The molecule has 0 radical (unpaired) electrons. The maximum absolute atomic E-state index is 11.3. The minimum absolute atomic E-state index is 0.533. The molecule has 1 aliphatic rings. The number of benzene rings is 1. The second-order valence-electron chi connectivity index (χ2n) is 5.06. The Hall–Kier alpha value is -1.51. The Bertz CT molecular complexity index is 416. The van der Waals surface area contributed by atoms with Crippen molar-refractivity contribution in [3.63, 3.8) is 0 Å². The van der Waals surface area contributed by atoms with E-state index in [-0.39, 0.29) is 0 Å². The van der Waals surface area contributed by atoms with E-state index in [2.05, 4.69) is 5.32 Å². The fourth-order valence-corrected chi connectivity index (χ4v) is 2.42. The number of hydrogen-bond donors (Lipinski definition) is 2. The molecule has 0 aromatic heterocycles. The van der Waals surface area contributed by atoms with Crippen LogP contribution in [0, 0.1) is 19.3 Å². The van der Waals surface area contributed by atoms with E-state index >= 15 is 0 Å². The smallest absolute Gasteiger partial charge is 0.311 e. The van der Waals surface area contributed by atoms with Gasteiger partial charge < -0.3 is 10.4 Å². The first-order chi connectivity index (χ1) is 8.05. The summed E-state index contributed by atoms with van der Waals surface area (Å²) in [6, 6.07) is 6.11. The molecule has 0 atom stereocenters. The Morgan fingerprint density at radius 2 is 1.94 bits per heavy atom. The lowest BCUT2D eigenvalue weighted by molar-refractivity contribution is -0.153. The fourth-order valence-electron chi connectivity index (χ4n) is 2.42. The summed E-state index contributed by atoms with van der Waals surface area (Å²) in [5.41, 5.74) is 2.89. The number of carboxylic acid groups (broad SMARTS) is 1. The van der Waals surface area contributed by atoms with Crippen LogP contribution in [0.5, 0.6) is 0 Å². The predicted molar refractivity (Wildman–Crippen MR) is 68.3 cm³/mol. The number of aryl methyl sites for hydroxylation is 2. The van der Waals surface area contributed by atoms with Gasteiger partial charge in [-0.25, -0.2) is 0 Å². The molecule has 92 valence electrons. The van der Waals surface area contributed by atoms with Gasteiger partial charge in [-0.05, 0) is 37.8 Å². The van der Waals surface area contributed by atoms with Crippen molar-refractivity contribution in [3.8, 4) is 0 Å². The summed E-state index contributed by atoms with van der Waals surface area (Å²) >= 11 is 0. The summed E-state index contributed by atoms with van der Waals surface area (Å²) in [6.45, 7) is 4.63. The van der Waals surface area contributed by atoms with E-state index < -0.39 is 11.4 Å². The molecular weight excluding hydrogens is 214 g/mol. The number of para-hydroxylation sites is 1. The minimum atomic E-state index is -0.664. The average Bonchev–Trinajstić information content (AvgIpc) is 2.19. The Morgan fingerprint density at radius 3 is 2.35 bits per heavy atom. The SMILES string of the molecule is Cc1cccc(C)c1NCC1(C(=O)O)CCC1. The Morgan fingerprint density at radius 1 is 1.35 bits per heavy atom. The third kappa shape index (κ3) is 2.14. The van der Waals surface area contributed by atoms with Crippen LogP contribution in [-0.4, -0.2) is 17.6 Å². The summed E-state index contributed by atoms with van der Waals surface area (Å²) in [6.07, 6.45) is 2.61. The van der Waals surface area contributed by atoms with Gasteiger partial charge in [-0.15, -0.1) is 0 Å². The standard InChI is InChI=1S/C14H19NO2/c1-10-5-3-6-11(2)12(10)15-9-14(13(16)17)7-4-8-14/h3,5-6,15H,4,7-9H2,1-2H3,(H,16,17). The first-order valence-electron chi connectivity index (χ1n) is 6.09. The van der Waals surface area contributed by atoms with Crippen LogP contribution in [0.4, 0.5) is 5.69 Å². The Kier molecular flexibility index (Phi) is 3.09. The molecule has 0 aliphatic heterocycles. The lowest BCUT2D eigenvalue weighted by atomic mass is 9.68. The Labute approximate surface area is 102 Å². The topological polar surface area (TPSA) is 49.3 Å². The zero-order chi connectivity index (χ0) is 12.5. The average molecular weight is 233 g/mol. The van der Waals surface area contributed by atoms with Gasteiger partial charge in [0.15, 0.2) is 0 Å². The highest BCUT2D eigenvalue weighted by Gasteiger charge is 2.44. The summed E-state index contributed by atoms with van der Waals surface area (Å²) < 4.78 is 0. The number of hydrogen-bond acceptors (Lipinski definition) is 2. The molecule has 1 aromatic carbocycles. The first kappa shape index (κ1) is 12.0. The van der Waals surface area contributed by atoms with Gasteiger partial charge in [-0.2, -0.15) is 0 Å². The zero-order valence-electron chi connectivity index (χ0n) is 10.4. The number of anilines is 1. The molecule has 1 fully saturated rings. The molecule has 0 heterocycles. The van der Waals surface area contributed by atoms with Gasteiger partial charge in [0.25, 0.3) is 0 Å². The fraction of sp³-hybridized carbons (Fsp3) is 0.500. The molecule has 1 saturated carbocycles. The maximum atomic E-state index is 11.3. The largest absolute Gasteiger partial charge is 0.481 e. The normalized spacial score (nSPS) is 17.3. The molecular formula is C14H19NO2. The summed E-state index contributed by atoms with van der Waals surface area (Å²) in [5.74, 6) is -0.664. The highest BCUT2D eigenvalue weighted by Crippen LogP contribution is 2.41. The van der Waals surface area contributed by atoms with Gasteiger partial charge in [-0.3, -0.25) is 4.79 Å². The van der Waals surface area contributed by atoms with Crippen LogP contribution in [0.15, 0.2) is 18.2 Å². The molecule has 0 bridgehead atoms. The monoisotopic (exact) mass is 233 g/mol. The third-order valence-electron chi connectivity index (χ3n) is 3.85. The van der Waals surface area contributed by atoms with Crippen molar-refractivity contribution in [1.29, 1.82) is 0 Å². The molecule has 0 unspecified atom stereocenters. The van der Waals surface area contributed by atoms with E-state index in [0.29, 0.717) is 6.54 Å². The van der Waals surface area contributed by atoms with Crippen molar-refractivity contribution in [2.75, 3.05) is 11.9 Å². The highest BCUT2D eigenvalue weighted by atomic mass is 16.4. The van der Waals surface area contributed by atoms with E-state index in [0.717, 1.165) is 24.9 Å². The minimum Gasteiger partial charge on any atom is -0.481 e. The van der Waals surface area contributed by atoms with Gasteiger partial charge in [0.2, 0.25) is 0 Å². The van der Waals surface area contributed by atoms with Gasteiger partial charge in [0.05, 0.1) is 5.41 Å². The predicted octanol–water partition coefficient (Wildman–Crippen LogP) is 2.97. The Balaban J connectivity index is 2.10. The first-order valence-corrected chi connectivity index (χ1v) is 6.09. The summed E-state index contributed by atoms with van der Waals surface area (Å²) in [4.78, 5) is 11.3. The van der Waals surface area contributed by atoms with Crippen LogP contribution in [0.2, 0.25) is 0 Å². The van der Waals surface area contributed by atoms with Crippen molar-refractivity contribution < 1.29 is 9.90 Å². The zero-order valence-corrected chi connectivity index (χ0v) is 10.4. The van der Waals surface area contributed by atoms with Gasteiger partial charge in [0.1, 0.15) is 0 Å². The van der Waals surface area contributed by atoms with E-state index in [1.165, 1.54) is 11.1 Å². The number of rotatable bonds is 4. The van der Waals surface area contributed by atoms with Crippen molar-refractivity contribution in [2.45, 2.75) is 33.1 Å². The van der Waals surface area contributed by atoms with Crippen LogP contribution in [-0.2, 0) is 4.79 Å². The van der Waals surface area contributed by atoms with Crippen molar-refractivity contribution >= 4 is 11.7 Å². The third-order valence-corrected chi connectivity index (χ3v) is 3.85. The van der Waals surface area contributed by atoms with Crippen molar-refractivity contribution in [2.24, 2.45) is 5.41 Å². The van der Waals surface area contributed by atoms with E-state index in [1.54, 1.807) is 0 Å². The van der Waals surface area contributed by atoms with Crippen molar-refractivity contribution in [3.05, 3.63) is 29.3 Å². The maximum Gasteiger partial charge on any atom is 0.311 e. The highest BCUT2D eigenvalue weighted by molar-refractivity contribution is 5.76. The van der Waals surface area contributed by atoms with Gasteiger partial charge >= 0.3 is 5.97 Å². The van der Waals surface area contributed by atoms with E-state index in [1.807, 2.05) is 32.0 Å². The molecule has 0 saturated heterocycles.